The van der Waals surface area contributed by atoms with Crippen LogP contribution in [0.2, 0.25) is 5.02 Å². The third-order valence-electron chi connectivity index (χ3n) is 3.89. The molecule has 1 heterocycles. The molecule has 0 aliphatic carbocycles. The van der Waals surface area contributed by atoms with Crippen LogP contribution in [0.4, 0.5) is 0 Å². The van der Waals surface area contributed by atoms with Crippen LogP contribution in [-0.4, -0.2) is 29.4 Å². The van der Waals surface area contributed by atoms with E-state index in [0.29, 0.717) is 18.0 Å². The van der Waals surface area contributed by atoms with E-state index in [1.807, 2.05) is 29.2 Å². The Labute approximate surface area is 119 Å². The number of nitrogens with zero attached hydrogens (tertiary/aromatic N) is 1. The number of nitrogens with two attached hydrogens (primary N) is 1. The number of carbonyl (C=O) groups is 1. The van der Waals surface area contributed by atoms with Gasteiger partial charge in [0, 0.05) is 23.7 Å². The molecule has 3 nitrogen and oxygen atoms in total. The van der Waals surface area contributed by atoms with Crippen LogP contribution in [0.5, 0.6) is 0 Å². The van der Waals surface area contributed by atoms with Gasteiger partial charge in [-0.3, -0.25) is 4.79 Å². The van der Waals surface area contributed by atoms with Crippen molar-refractivity contribution in [2.24, 2.45) is 5.73 Å². The van der Waals surface area contributed by atoms with Crippen LogP contribution in [0.25, 0.3) is 0 Å². The number of piperidine rings is 1. The van der Waals surface area contributed by atoms with Crippen LogP contribution < -0.4 is 5.73 Å². The molecule has 1 aliphatic rings. The lowest BCUT2D eigenvalue weighted by Crippen LogP contribution is -2.52. The molecule has 2 atom stereocenters. The van der Waals surface area contributed by atoms with Crippen molar-refractivity contribution in [3.63, 3.8) is 0 Å². The smallest absolute Gasteiger partial charge is 0.227 e. The van der Waals surface area contributed by atoms with Gasteiger partial charge in [0.25, 0.3) is 0 Å². The van der Waals surface area contributed by atoms with E-state index in [1.54, 1.807) is 0 Å². The second-order valence-electron chi connectivity index (χ2n) is 5.24. The fourth-order valence-corrected chi connectivity index (χ4v) is 3.07. The summed E-state index contributed by atoms with van der Waals surface area (Å²) in [5, 5.41) is 0.657. The van der Waals surface area contributed by atoms with E-state index in [2.05, 4.69) is 6.92 Å². The van der Waals surface area contributed by atoms with Gasteiger partial charge in [-0.15, -0.1) is 0 Å². The molecule has 1 aromatic rings. The zero-order chi connectivity index (χ0) is 13.8. The van der Waals surface area contributed by atoms with Gasteiger partial charge < -0.3 is 10.6 Å². The van der Waals surface area contributed by atoms with Crippen LogP contribution in [0.1, 0.15) is 31.7 Å². The van der Waals surface area contributed by atoms with Crippen molar-refractivity contribution in [3.05, 3.63) is 34.9 Å². The van der Waals surface area contributed by atoms with Gasteiger partial charge in [0.1, 0.15) is 0 Å². The summed E-state index contributed by atoms with van der Waals surface area (Å²) >= 11 is 6.12. The number of amides is 1. The molecule has 0 bridgehead atoms. The lowest BCUT2D eigenvalue weighted by molar-refractivity contribution is -0.136. The van der Waals surface area contributed by atoms with Crippen molar-refractivity contribution in [3.8, 4) is 0 Å². The van der Waals surface area contributed by atoms with Crippen molar-refractivity contribution >= 4 is 17.5 Å². The molecule has 0 aromatic heterocycles. The maximum atomic E-state index is 12.5. The Balaban J connectivity index is 2.11. The predicted molar refractivity (Wildman–Crippen MR) is 78.2 cm³/mol. The highest BCUT2D eigenvalue weighted by atomic mass is 35.5. The number of hydrogen-bond acceptors (Lipinski definition) is 2. The van der Waals surface area contributed by atoms with E-state index in [0.717, 1.165) is 24.8 Å². The summed E-state index contributed by atoms with van der Waals surface area (Å²) in [4.78, 5) is 14.5. The third kappa shape index (κ3) is 3.28. The molecule has 0 saturated carbocycles. The summed E-state index contributed by atoms with van der Waals surface area (Å²) in [6.07, 6.45) is 3.58. The van der Waals surface area contributed by atoms with Gasteiger partial charge in [-0.25, -0.2) is 0 Å². The molecule has 0 spiro atoms. The SMILES string of the molecule is CC1CCCC(CN)N1C(=O)Cc1ccccc1Cl. The molecule has 1 aliphatic heterocycles. The number of hydrogen-bond donors (Lipinski definition) is 1. The first kappa shape index (κ1) is 14.4. The van der Waals surface area contributed by atoms with Crippen LogP contribution in [0, 0.1) is 0 Å². The normalized spacial score (nSPS) is 23.4. The summed E-state index contributed by atoms with van der Waals surface area (Å²) in [7, 11) is 0. The molecular formula is C15H21ClN2O. The largest absolute Gasteiger partial charge is 0.335 e. The maximum absolute atomic E-state index is 12.5. The fraction of sp³-hybridized carbons (Fsp3) is 0.533. The zero-order valence-corrected chi connectivity index (χ0v) is 12.1. The van der Waals surface area contributed by atoms with Crippen LogP contribution in [0.15, 0.2) is 24.3 Å². The standard InChI is InChI=1S/C15H21ClN2O/c1-11-5-4-7-13(10-17)18(11)15(19)9-12-6-2-3-8-14(12)16/h2-3,6,8,11,13H,4-5,7,9-10,17H2,1H3. The molecule has 4 heteroatoms. The number of rotatable bonds is 3. The zero-order valence-electron chi connectivity index (χ0n) is 11.3. The van der Waals surface area contributed by atoms with Gasteiger partial charge in [-0.2, -0.15) is 0 Å². The Hall–Kier alpha value is -1.06. The monoisotopic (exact) mass is 280 g/mol. The summed E-state index contributed by atoms with van der Waals surface area (Å²) in [6.45, 7) is 2.64. The minimum Gasteiger partial charge on any atom is -0.335 e. The Morgan fingerprint density at radius 1 is 1.42 bits per heavy atom. The van der Waals surface area contributed by atoms with Gasteiger partial charge >= 0.3 is 0 Å². The molecule has 1 amide bonds. The topological polar surface area (TPSA) is 46.3 Å². The second kappa shape index (κ2) is 6.40. The van der Waals surface area contributed by atoms with Crippen LogP contribution in [-0.2, 0) is 11.2 Å². The first-order valence-electron chi connectivity index (χ1n) is 6.88. The molecule has 2 N–H and O–H groups in total. The quantitative estimate of drug-likeness (QED) is 0.925. The molecule has 1 aromatic carbocycles. The highest BCUT2D eigenvalue weighted by Crippen LogP contribution is 2.24. The molecular weight excluding hydrogens is 260 g/mol. The van der Waals surface area contributed by atoms with Crippen molar-refractivity contribution in [2.75, 3.05) is 6.54 Å². The molecule has 19 heavy (non-hydrogen) atoms. The summed E-state index contributed by atoms with van der Waals surface area (Å²) in [6, 6.07) is 7.98. The molecule has 104 valence electrons. The average molecular weight is 281 g/mol. The van der Waals surface area contributed by atoms with Gasteiger partial charge in [0.2, 0.25) is 5.91 Å². The predicted octanol–water partition coefficient (Wildman–Crippen LogP) is 2.61. The lowest BCUT2D eigenvalue weighted by atomic mass is 9.95. The van der Waals surface area contributed by atoms with E-state index in [-0.39, 0.29) is 18.0 Å². The van der Waals surface area contributed by atoms with Crippen molar-refractivity contribution in [1.82, 2.24) is 4.90 Å². The Bertz CT molecular complexity index is 450. The average Bonchev–Trinajstić information content (AvgIpc) is 2.40. The first-order valence-corrected chi connectivity index (χ1v) is 7.26. The minimum absolute atomic E-state index is 0.135. The van der Waals surface area contributed by atoms with E-state index >= 15 is 0 Å². The number of benzene rings is 1. The van der Waals surface area contributed by atoms with Gasteiger partial charge in [0.05, 0.1) is 6.42 Å². The summed E-state index contributed by atoms with van der Waals surface area (Å²) < 4.78 is 0. The van der Waals surface area contributed by atoms with Crippen molar-refractivity contribution in [2.45, 2.75) is 44.7 Å². The third-order valence-corrected chi connectivity index (χ3v) is 4.26. The molecule has 0 radical (unpaired) electrons. The van der Waals surface area contributed by atoms with E-state index < -0.39 is 0 Å². The minimum atomic E-state index is 0.135. The lowest BCUT2D eigenvalue weighted by Gasteiger charge is -2.40. The Morgan fingerprint density at radius 2 is 2.16 bits per heavy atom. The Kier molecular flexibility index (Phi) is 4.83. The van der Waals surface area contributed by atoms with Crippen LogP contribution in [0.3, 0.4) is 0 Å². The van der Waals surface area contributed by atoms with E-state index in [4.69, 9.17) is 17.3 Å². The number of likely N-dealkylation sites (tertiary alicyclic amines) is 1. The van der Waals surface area contributed by atoms with E-state index in [1.165, 1.54) is 0 Å². The van der Waals surface area contributed by atoms with Crippen molar-refractivity contribution < 1.29 is 4.79 Å². The van der Waals surface area contributed by atoms with Crippen LogP contribution >= 0.6 is 11.6 Å². The second-order valence-corrected chi connectivity index (χ2v) is 5.65. The highest BCUT2D eigenvalue weighted by molar-refractivity contribution is 6.31. The maximum Gasteiger partial charge on any atom is 0.227 e. The number of halogens is 1. The Morgan fingerprint density at radius 3 is 2.84 bits per heavy atom. The fourth-order valence-electron chi connectivity index (χ4n) is 2.86. The first-order chi connectivity index (χ1) is 9.13. The van der Waals surface area contributed by atoms with Gasteiger partial charge in [-0.1, -0.05) is 29.8 Å². The molecule has 1 saturated heterocycles. The van der Waals surface area contributed by atoms with Crippen molar-refractivity contribution in [1.29, 1.82) is 0 Å². The summed E-state index contributed by atoms with van der Waals surface area (Å²) in [5.41, 5.74) is 6.69. The summed E-state index contributed by atoms with van der Waals surface area (Å²) in [5.74, 6) is 0.135. The highest BCUT2D eigenvalue weighted by Gasteiger charge is 2.30. The van der Waals surface area contributed by atoms with Gasteiger partial charge in [-0.05, 0) is 37.8 Å². The number of carbonyl (C=O) groups excluding carboxylic acids is 1. The van der Waals surface area contributed by atoms with E-state index in [9.17, 15) is 4.79 Å². The molecule has 2 rings (SSSR count). The molecule has 1 fully saturated rings. The molecule has 2 unspecified atom stereocenters. The van der Waals surface area contributed by atoms with Gasteiger partial charge in [0.15, 0.2) is 0 Å².